The molecule has 0 bridgehead atoms. The molecule has 0 aliphatic rings. The summed E-state index contributed by atoms with van der Waals surface area (Å²) in [6.07, 6.45) is 0. The lowest BCUT2D eigenvalue weighted by Gasteiger charge is -2.17. The van der Waals surface area contributed by atoms with E-state index >= 15 is 0 Å². The third-order valence-electron chi connectivity index (χ3n) is 2.65. The summed E-state index contributed by atoms with van der Waals surface area (Å²) in [5.41, 5.74) is 0.978. The van der Waals surface area contributed by atoms with Crippen molar-refractivity contribution in [3.63, 3.8) is 0 Å². The fourth-order valence-corrected chi connectivity index (χ4v) is 1.72. The molecule has 0 saturated heterocycles. The fraction of sp³-hybridized carbons (Fsp3) is 0.538. The Bertz CT molecular complexity index is 357. The Labute approximate surface area is 108 Å². The number of methoxy groups -OCH3 is 3. The molecule has 1 atom stereocenters. The molecule has 0 aromatic heterocycles. The standard InChI is InChI=1S/C13H21NO4/c1-16-9-11(8-15)14-7-10-5-4-6-12(17-2)13(10)18-3/h4-6,11,14-15H,7-9H2,1-3H3. The van der Waals surface area contributed by atoms with Gasteiger partial charge >= 0.3 is 0 Å². The molecule has 2 N–H and O–H groups in total. The van der Waals surface area contributed by atoms with Crippen molar-refractivity contribution >= 4 is 0 Å². The van der Waals surface area contributed by atoms with Crippen LogP contribution in [0.3, 0.4) is 0 Å². The Morgan fingerprint density at radius 3 is 2.56 bits per heavy atom. The van der Waals surface area contributed by atoms with Gasteiger partial charge in [0, 0.05) is 19.2 Å². The van der Waals surface area contributed by atoms with E-state index in [4.69, 9.17) is 19.3 Å². The summed E-state index contributed by atoms with van der Waals surface area (Å²) in [4.78, 5) is 0. The summed E-state index contributed by atoms with van der Waals surface area (Å²) in [5, 5.41) is 12.4. The molecular weight excluding hydrogens is 234 g/mol. The van der Waals surface area contributed by atoms with Crippen molar-refractivity contribution in [2.75, 3.05) is 34.5 Å². The first-order valence-electron chi connectivity index (χ1n) is 5.79. The highest BCUT2D eigenvalue weighted by atomic mass is 16.5. The van der Waals surface area contributed by atoms with Crippen LogP contribution in [0.5, 0.6) is 11.5 Å². The number of hydrogen-bond donors (Lipinski definition) is 2. The first kappa shape index (κ1) is 14.8. The van der Waals surface area contributed by atoms with Gasteiger partial charge in [0.15, 0.2) is 11.5 Å². The number of benzene rings is 1. The second-order valence-corrected chi connectivity index (χ2v) is 3.87. The minimum Gasteiger partial charge on any atom is -0.493 e. The highest BCUT2D eigenvalue weighted by molar-refractivity contribution is 5.46. The molecule has 1 unspecified atom stereocenters. The first-order valence-corrected chi connectivity index (χ1v) is 5.79. The van der Waals surface area contributed by atoms with Crippen molar-refractivity contribution in [1.29, 1.82) is 0 Å². The lowest BCUT2D eigenvalue weighted by Crippen LogP contribution is -2.36. The summed E-state index contributed by atoms with van der Waals surface area (Å²) in [5.74, 6) is 1.41. The number of hydrogen-bond acceptors (Lipinski definition) is 5. The van der Waals surface area contributed by atoms with Gasteiger partial charge in [0.25, 0.3) is 0 Å². The van der Waals surface area contributed by atoms with Crippen LogP contribution in [0.25, 0.3) is 0 Å². The Morgan fingerprint density at radius 1 is 1.22 bits per heavy atom. The van der Waals surface area contributed by atoms with Gasteiger partial charge in [0.2, 0.25) is 0 Å². The Kier molecular flexibility index (Phi) is 6.49. The Hall–Kier alpha value is -1.30. The summed E-state index contributed by atoms with van der Waals surface area (Å²) in [7, 11) is 4.83. The second kappa shape index (κ2) is 7.92. The normalized spacial score (nSPS) is 12.2. The lowest BCUT2D eigenvalue weighted by molar-refractivity contribution is 0.128. The zero-order valence-corrected chi connectivity index (χ0v) is 11.1. The van der Waals surface area contributed by atoms with Crippen molar-refractivity contribution in [2.45, 2.75) is 12.6 Å². The Balaban J connectivity index is 2.71. The van der Waals surface area contributed by atoms with Crippen LogP contribution < -0.4 is 14.8 Å². The van der Waals surface area contributed by atoms with E-state index in [2.05, 4.69) is 5.32 Å². The van der Waals surface area contributed by atoms with Gasteiger partial charge in [-0.05, 0) is 6.07 Å². The topological polar surface area (TPSA) is 60.0 Å². The highest BCUT2D eigenvalue weighted by Crippen LogP contribution is 2.30. The van der Waals surface area contributed by atoms with Crippen LogP contribution in [0.2, 0.25) is 0 Å². The molecule has 18 heavy (non-hydrogen) atoms. The zero-order valence-electron chi connectivity index (χ0n) is 11.1. The largest absolute Gasteiger partial charge is 0.493 e. The third kappa shape index (κ3) is 3.87. The van der Waals surface area contributed by atoms with Crippen molar-refractivity contribution in [2.24, 2.45) is 0 Å². The van der Waals surface area contributed by atoms with Gasteiger partial charge in [-0.2, -0.15) is 0 Å². The lowest BCUT2D eigenvalue weighted by atomic mass is 10.1. The molecule has 102 valence electrons. The molecule has 1 aromatic carbocycles. The van der Waals surface area contributed by atoms with E-state index in [0.717, 1.165) is 5.56 Å². The van der Waals surface area contributed by atoms with E-state index in [0.29, 0.717) is 24.7 Å². The van der Waals surface area contributed by atoms with Gasteiger partial charge in [-0.1, -0.05) is 12.1 Å². The molecule has 0 heterocycles. The molecule has 1 aromatic rings. The maximum Gasteiger partial charge on any atom is 0.165 e. The van der Waals surface area contributed by atoms with E-state index in [1.807, 2.05) is 18.2 Å². The quantitative estimate of drug-likeness (QED) is 0.719. The van der Waals surface area contributed by atoms with E-state index in [-0.39, 0.29) is 12.6 Å². The van der Waals surface area contributed by atoms with Crippen LogP contribution in [-0.4, -0.2) is 45.7 Å². The van der Waals surface area contributed by atoms with Gasteiger partial charge in [0.1, 0.15) is 0 Å². The summed E-state index contributed by atoms with van der Waals surface area (Å²) in [6, 6.07) is 5.62. The van der Waals surface area contributed by atoms with E-state index in [9.17, 15) is 0 Å². The van der Waals surface area contributed by atoms with Crippen LogP contribution in [-0.2, 0) is 11.3 Å². The first-order chi connectivity index (χ1) is 8.76. The van der Waals surface area contributed by atoms with Crippen molar-refractivity contribution < 1.29 is 19.3 Å². The number of para-hydroxylation sites is 1. The fourth-order valence-electron chi connectivity index (χ4n) is 1.72. The molecule has 1 rings (SSSR count). The molecule has 0 spiro atoms. The van der Waals surface area contributed by atoms with E-state index in [1.165, 1.54) is 0 Å². The monoisotopic (exact) mass is 255 g/mol. The molecule has 5 heteroatoms. The maximum absolute atomic E-state index is 9.16. The van der Waals surface area contributed by atoms with Crippen molar-refractivity contribution in [1.82, 2.24) is 5.32 Å². The molecule has 5 nitrogen and oxygen atoms in total. The molecule has 0 fully saturated rings. The average Bonchev–Trinajstić information content (AvgIpc) is 2.42. The molecule has 0 saturated carbocycles. The van der Waals surface area contributed by atoms with Gasteiger partial charge in [-0.15, -0.1) is 0 Å². The number of aliphatic hydroxyl groups is 1. The van der Waals surface area contributed by atoms with Gasteiger partial charge in [0.05, 0.1) is 33.5 Å². The predicted molar refractivity (Wildman–Crippen MR) is 69.1 cm³/mol. The maximum atomic E-state index is 9.16. The Morgan fingerprint density at radius 2 is 2.00 bits per heavy atom. The smallest absolute Gasteiger partial charge is 0.165 e. The van der Waals surface area contributed by atoms with Crippen LogP contribution >= 0.6 is 0 Å². The van der Waals surface area contributed by atoms with E-state index < -0.39 is 0 Å². The van der Waals surface area contributed by atoms with Gasteiger partial charge in [-0.25, -0.2) is 0 Å². The highest BCUT2D eigenvalue weighted by Gasteiger charge is 2.11. The second-order valence-electron chi connectivity index (χ2n) is 3.87. The number of rotatable bonds is 8. The van der Waals surface area contributed by atoms with Crippen LogP contribution in [0, 0.1) is 0 Å². The van der Waals surface area contributed by atoms with Gasteiger partial charge < -0.3 is 24.6 Å². The molecule has 0 aliphatic carbocycles. The van der Waals surface area contributed by atoms with Crippen molar-refractivity contribution in [3.8, 4) is 11.5 Å². The molecule has 0 aliphatic heterocycles. The summed E-state index contributed by atoms with van der Waals surface area (Å²) < 4.78 is 15.6. The van der Waals surface area contributed by atoms with Crippen LogP contribution in [0.15, 0.2) is 18.2 Å². The van der Waals surface area contributed by atoms with Crippen LogP contribution in [0.1, 0.15) is 5.56 Å². The molecule has 0 amide bonds. The third-order valence-corrected chi connectivity index (χ3v) is 2.65. The molecular formula is C13H21NO4. The van der Waals surface area contributed by atoms with Gasteiger partial charge in [-0.3, -0.25) is 0 Å². The number of nitrogens with one attached hydrogen (secondary N) is 1. The number of ether oxygens (including phenoxy) is 3. The zero-order chi connectivity index (χ0) is 13.4. The van der Waals surface area contributed by atoms with Crippen LogP contribution in [0.4, 0.5) is 0 Å². The van der Waals surface area contributed by atoms with E-state index in [1.54, 1.807) is 21.3 Å². The molecule has 0 radical (unpaired) electrons. The summed E-state index contributed by atoms with van der Waals surface area (Å²) in [6.45, 7) is 1.07. The minimum atomic E-state index is -0.0918. The summed E-state index contributed by atoms with van der Waals surface area (Å²) >= 11 is 0. The van der Waals surface area contributed by atoms with Crippen molar-refractivity contribution in [3.05, 3.63) is 23.8 Å². The minimum absolute atomic E-state index is 0.0279. The average molecular weight is 255 g/mol. The number of aliphatic hydroxyl groups excluding tert-OH is 1. The predicted octanol–water partition coefficient (Wildman–Crippen LogP) is 0.801. The SMILES string of the molecule is COCC(CO)NCc1cccc(OC)c1OC.